The maximum absolute atomic E-state index is 12.6. The van der Waals surface area contributed by atoms with Crippen molar-refractivity contribution in [3.05, 3.63) is 60.4 Å². The van der Waals surface area contributed by atoms with Crippen LogP contribution >= 0.6 is 0 Å². The number of fused-ring (bicyclic) bond motifs is 1. The first-order valence-corrected chi connectivity index (χ1v) is 9.65. The van der Waals surface area contributed by atoms with E-state index in [1.165, 1.54) is 0 Å². The van der Waals surface area contributed by atoms with Crippen molar-refractivity contribution in [1.82, 2.24) is 14.9 Å². The van der Waals surface area contributed by atoms with Gasteiger partial charge in [-0.2, -0.15) is 0 Å². The molecule has 1 aromatic heterocycles. The monoisotopic (exact) mass is 364 g/mol. The highest BCUT2D eigenvalue weighted by Gasteiger charge is 2.26. The largest absolute Gasteiger partial charge is 0.349 e. The molecule has 0 aliphatic carbocycles. The molecule has 0 atom stereocenters. The van der Waals surface area contributed by atoms with Crippen LogP contribution in [0.4, 0.5) is 0 Å². The lowest BCUT2D eigenvalue weighted by atomic mass is 9.92. The molecular weight excluding hydrogens is 336 g/mol. The van der Waals surface area contributed by atoms with Gasteiger partial charge in [-0.3, -0.25) is 9.36 Å². The minimum absolute atomic E-state index is 0.0239. The fraction of sp³-hybridized carbons (Fsp3) is 0.364. The van der Waals surface area contributed by atoms with E-state index in [0.717, 1.165) is 35.4 Å². The lowest BCUT2D eigenvalue weighted by molar-refractivity contribution is -0.123. The Hall–Kier alpha value is -2.66. The second kappa shape index (κ2) is 8.35. The maximum Gasteiger partial charge on any atom is 0.220 e. The number of hydrogen-bond acceptors (Lipinski definition) is 3. The molecule has 3 N–H and O–H groups in total. The van der Waals surface area contributed by atoms with Crippen LogP contribution in [0.5, 0.6) is 0 Å². The molecule has 0 radical (unpaired) electrons. The number of carbonyl (C=O) groups excluding carboxylic acids is 1. The smallest absolute Gasteiger partial charge is 0.220 e. The highest BCUT2D eigenvalue weighted by molar-refractivity contribution is 5.79. The molecule has 0 unspecified atom stereocenters. The molecule has 5 heteroatoms. The van der Waals surface area contributed by atoms with Gasteiger partial charge in [0.2, 0.25) is 5.91 Å². The molecule has 0 fully saturated rings. The molecule has 1 heterocycles. The average Bonchev–Trinajstić information content (AvgIpc) is 3.09. The average molecular weight is 364 g/mol. The van der Waals surface area contributed by atoms with Crippen molar-refractivity contribution < 1.29 is 4.79 Å². The number of hydrogen-bond donors (Lipinski definition) is 2. The Morgan fingerprint density at radius 2 is 1.74 bits per heavy atom. The predicted octanol–water partition coefficient (Wildman–Crippen LogP) is 3.59. The van der Waals surface area contributed by atoms with Crippen molar-refractivity contribution in [3.63, 3.8) is 0 Å². The molecule has 1 amide bonds. The molecular formula is C22H28N4O. The Morgan fingerprint density at radius 1 is 1.07 bits per heavy atom. The Balaban J connectivity index is 1.84. The van der Waals surface area contributed by atoms with Crippen LogP contribution in [-0.2, 0) is 11.2 Å². The van der Waals surface area contributed by atoms with Crippen LogP contribution in [0.2, 0.25) is 0 Å². The van der Waals surface area contributed by atoms with Crippen LogP contribution in [-0.4, -0.2) is 27.5 Å². The number of amides is 1. The third-order valence-corrected chi connectivity index (χ3v) is 5.37. The minimum atomic E-state index is -0.309. The molecule has 27 heavy (non-hydrogen) atoms. The first kappa shape index (κ1) is 19.1. The molecule has 0 saturated carbocycles. The van der Waals surface area contributed by atoms with E-state index in [1.54, 1.807) is 0 Å². The number of nitrogens with two attached hydrogens (primary N) is 1. The van der Waals surface area contributed by atoms with Crippen LogP contribution in [0, 0.1) is 0 Å². The number of benzene rings is 2. The predicted molar refractivity (Wildman–Crippen MR) is 110 cm³/mol. The molecule has 142 valence electrons. The summed E-state index contributed by atoms with van der Waals surface area (Å²) in [5.74, 6) is 0.916. The Kier molecular flexibility index (Phi) is 5.91. The van der Waals surface area contributed by atoms with Gasteiger partial charge in [0, 0.05) is 25.1 Å². The third-order valence-electron chi connectivity index (χ3n) is 5.37. The van der Waals surface area contributed by atoms with E-state index in [0.29, 0.717) is 19.4 Å². The SMILES string of the molecule is CCC(CC)(CN)NC(=O)CCc1nc2ccccc2n1-c1ccccc1. The Bertz CT molecular complexity index is 889. The van der Waals surface area contributed by atoms with Gasteiger partial charge < -0.3 is 11.1 Å². The standard InChI is InChI=1S/C22H28N4O/c1-3-22(4-2,16-23)25-21(27)15-14-20-24-18-12-8-9-13-19(18)26(20)17-10-6-5-7-11-17/h5-13H,3-4,14-16,23H2,1-2H3,(H,25,27). The second-order valence-corrected chi connectivity index (χ2v) is 6.93. The summed E-state index contributed by atoms with van der Waals surface area (Å²) in [6.45, 7) is 4.57. The molecule has 0 bridgehead atoms. The molecule has 0 spiro atoms. The number of nitrogens with zero attached hydrogens (tertiary/aromatic N) is 2. The first-order valence-electron chi connectivity index (χ1n) is 9.65. The lowest BCUT2D eigenvalue weighted by Crippen LogP contribution is -2.52. The topological polar surface area (TPSA) is 72.9 Å². The quantitative estimate of drug-likeness (QED) is 0.641. The van der Waals surface area contributed by atoms with E-state index in [9.17, 15) is 4.79 Å². The minimum Gasteiger partial charge on any atom is -0.349 e. The van der Waals surface area contributed by atoms with Crippen molar-refractivity contribution in [2.45, 2.75) is 45.1 Å². The normalized spacial score (nSPS) is 11.7. The zero-order chi connectivity index (χ0) is 19.3. The fourth-order valence-electron chi connectivity index (χ4n) is 3.46. The molecule has 3 rings (SSSR count). The lowest BCUT2D eigenvalue weighted by Gasteiger charge is -2.31. The summed E-state index contributed by atoms with van der Waals surface area (Å²) < 4.78 is 2.14. The zero-order valence-electron chi connectivity index (χ0n) is 16.1. The summed E-state index contributed by atoms with van der Waals surface area (Å²) in [5, 5.41) is 3.14. The number of aryl methyl sites for hydroxylation is 1. The van der Waals surface area contributed by atoms with Gasteiger partial charge in [-0.05, 0) is 37.1 Å². The number of nitrogens with one attached hydrogen (secondary N) is 1. The van der Waals surface area contributed by atoms with Gasteiger partial charge in [0.05, 0.1) is 16.6 Å². The van der Waals surface area contributed by atoms with Crippen molar-refractivity contribution >= 4 is 16.9 Å². The summed E-state index contributed by atoms with van der Waals surface area (Å²) in [5.41, 5.74) is 8.64. The van der Waals surface area contributed by atoms with Gasteiger partial charge in [-0.1, -0.05) is 44.2 Å². The van der Waals surface area contributed by atoms with E-state index >= 15 is 0 Å². The Labute approximate surface area is 160 Å². The molecule has 0 saturated heterocycles. The van der Waals surface area contributed by atoms with Gasteiger partial charge in [0.25, 0.3) is 0 Å². The number of rotatable bonds is 8. The van der Waals surface area contributed by atoms with Gasteiger partial charge in [-0.25, -0.2) is 4.98 Å². The van der Waals surface area contributed by atoms with Gasteiger partial charge >= 0.3 is 0 Å². The van der Waals surface area contributed by atoms with Crippen LogP contribution in [0.3, 0.4) is 0 Å². The van der Waals surface area contributed by atoms with Crippen molar-refractivity contribution in [2.24, 2.45) is 5.73 Å². The number of carbonyl (C=O) groups is 1. The highest BCUT2D eigenvalue weighted by atomic mass is 16.1. The molecule has 0 aliphatic heterocycles. The van der Waals surface area contributed by atoms with E-state index in [-0.39, 0.29) is 11.4 Å². The summed E-state index contributed by atoms with van der Waals surface area (Å²) in [6, 6.07) is 18.2. The fourth-order valence-corrected chi connectivity index (χ4v) is 3.46. The summed E-state index contributed by atoms with van der Waals surface area (Å²) >= 11 is 0. The first-order chi connectivity index (χ1) is 13.1. The number of aromatic nitrogens is 2. The summed E-state index contributed by atoms with van der Waals surface area (Å²) in [7, 11) is 0. The van der Waals surface area contributed by atoms with Crippen molar-refractivity contribution in [2.75, 3.05) is 6.54 Å². The van der Waals surface area contributed by atoms with Crippen molar-refractivity contribution in [1.29, 1.82) is 0 Å². The van der Waals surface area contributed by atoms with Crippen LogP contribution in [0.25, 0.3) is 16.7 Å². The van der Waals surface area contributed by atoms with Crippen LogP contribution in [0.1, 0.15) is 38.9 Å². The number of para-hydroxylation sites is 3. The molecule has 3 aromatic rings. The van der Waals surface area contributed by atoms with E-state index in [4.69, 9.17) is 10.7 Å². The summed E-state index contributed by atoms with van der Waals surface area (Å²) in [4.78, 5) is 17.3. The molecule has 5 nitrogen and oxygen atoms in total. The highest BCUT2D eigenvalue weighted by Crippen LogP contribution is 2.22. The van der Waals surface area contributed by atoms with Gasteiger partial charge in [-0.15, -0.1) is 0 Å². The molecule has 2 aromatic carbocycles. The van der Waals surface area contributed by atoms with E-state index in [1.807, 2.05) is 36.4 Å². The van der Waals surface area contributed by atoms with Crippen molar-refractivity contribution in [3.8, 4) is 5.69 Å². The third kappa shape index (κ3) is 4.03. The zero-order valence-corrected chi connectivity index (χ0v) is 16.1. The van der Waals surface area contributed by atoms with Gasteiger partial charge in [0.15, 0.2) is 0 Å². The van der Waals surface area contributed by atoms with Gasteiger partial charge in [0.1, 0.15) is 5.82 Å². The maximum atomic E-state index is 12.6. The Morgan fingerprint density at radius 3 is 2.41 bits per heavy atom. The summed E-state index contributed by atoms with van der Waals surface area (Å²) in [6.07, 6.45) is 2.62. The second-order valence-electron chi connectivity index (χ2n) is 6.93. The molecule has 0 aliphatic rings. The van der Waals surface area contributed by atoms with E-state index in [2.05, 4.69) is 41.9 Å². The van der Waals surface area contributed by atoms with Crippen LogP contribution < -0.4 is 11.1 Å². The number of imidazole rings is 1. The van der Waals surface area contributed by atoms with E-state index < -0.39 is 0 Å². The van der Waals surface area contributed by atoms with Crippen LogP contribution in [0.15, 0.2) is 54.6 Å².